The molecule has 1 unspecified atom stereocenters. The Morgan fingerprint density at radius 3 is 2.61 bits per heavy atom. The van der Waals surface area contributed by atoms with Crippen LogP contribution < -0.4 is 5.32 Å². The number of rotatable bonds is 2. The molecule has 3 rings (SSSR count). The first-order valence-corrected chi connectivity index (χ1v) is 9.06. The predicted octanol–water partition coefficient (Wildman–Crippen LogP) is 4.21. The molecule has 1 aromatic rings. The lowest BCUT2D eigenvalue weighted by molar-refractivity contribution is 0.191. The zero-order valence-electron chi connectivity index (χ0n) is 14.5. The Morgan fingerprint density at radius 1 is 1.22 bits per heavy atom. The number of nitrogens with one attached hydrogen (secondary N) is 1. The fourth-order valence-corrected chi connectivity index (χ4v) is 4.09. The molecule has 1 saturated carbocycles. The summed E-state index contributed by atoms with van der Waals surface area (Å²) in [4.78, 5) is 19.0. The van der Waals surface area contributed by atoms with Crippen LogP contribution in [0.5, 0.6) is 0 Å². The van der Waals surface area contributed by atoms with Gasteiger partial charge in [-0.05, 0) is 50.2 Å². The molecule has 1 N–H and O–H groups in total. The van der Waals surface area contributed by atoms with Gasteiger partial charge in [-0.15, -0.1) is 0 Å². The van der Waals surface area contributed by atoms with Crippen LogP contribution in [0.3, 0.4) is 0 Å². The van der Waals surface area contributed by atoms with E-state index in [9.17, 15) is 4.79 Å². The fourth-order valence-electron chi connectivity index (χ4n) is 4.09. The highest BCUT2D eigenvalue weighted by Gasteiger charge is 2.39. The first kappa shape index (κ1) is 16.3. The molecule has 2 aliphatic rings. The Kier molecular flexibility index (Phi) is 4.88. The van der Waals surface area contributed by atoms with Crippen LogP contribution in [0.2, 0.25) is 0 Å². The lowest BCUT2D eigenvalue weighted by Crippen LogP contribution is -2.41. The van der Waals surface area contributed by atoms with E-state index in [0.29, 0.717) is 5.41 Å². The number of urea groups is 1. The average Bonchev–Trinajstić information content (AvgIpc) is 2.81. The number of amides is 2. The van der Waals surface area contributed by atoms with Crippen LogP contribution in [0.25, 0.3) is 0 Å². The highest BCUT2D eigenvalue weighted by atomic mass is 16.2. The number of carbonyl (C=O) groups is 1. The topological polar surface area (TPSA) is 45.2 Å². The standard InChI is InChI=1S/C19H29N3O/c1-15-7-8-17(13-20-15)16(2)21-18(23)22-12-11-19(14-22)9-5-3-4-6-10-19/h7-8,13,16H,3-6,9-12,14H2,1-2H3,(H,21,23). The van der Waals surface area contributed by atoms with Gasteiger partial charge in [0, 0.05) is 25.0 Å². The lowest BCUT2D eigenvalue weighted by Gasteiger charge is -2.28. The number of likely N-dealkylation sites (tertiary alicyclic amines) is 1. The van der Waals surface area contributed by atoms with E-state index in [1.807, 2.05) is 37.1 Å². The highest BCUT2D eigenvalue weighted by molar-refractivity contribution is 5.75. The van der Waals surface area contributed by atoms with Crippen LogP contribution in [0.1, 0.15) is 69.2 Å². The molecule has 2 amide bonds. The van der Waals surface area contributed by atoms with Crippen molar-refractivity contribution in [1.82, 2.24) is 15.2 Å². The summed E-state index contributed by atoms with van der Waals surface area (Å²) in [6, 6.07) is 4.12. The Hall–Kier alpha value is -1.58. The molecule has 2 heterocycles. The van der Waals surface area contributed by atoms with Crippen molar-refractivity contribution in [2.75, 3.05) is 13.1 Å². The molecule has 1 aromatic heterocycles. The van der Waals surface area contributed by atoms with Crippen molar-refractivity contribution in [3.05, 3.63) is 29.6 Å². The van der Waals surface area contributed by atoms with Gasteiger partial charge in [0.25, 0.3) is 0 Å². The van der Waals surface area contributed by atoms with Gasteiger partial charge >= 0.3 is 6.03 Å². The zero-order chi connectivity index (χ0) is 16.3. The minimum atomic E-state index is 0.00119. The maximum atomic E-state index is 12.6. The maximum absolute atomic E-state index is 12.6. The third-order valence-corrected chi connectivity index (χ3v) is 5.66. The summed E-state index contributed by atoms with van der Waals surface area (Å²) in [7, 11) is 0. The molecular weight excluding hydrogens is 286 g/mol. The van der Waals surface area contributed by atoms with Crippen molar-refractivity contribution in [1.29, 1.82) is 0 Å². The van der Waals surface area contributed by atoms with Gasteiger partial charge in [0.05, 0.1) is 6.04 Å². The monoisotopic (exact) mass is 315 g/mol. The van der Waals surface area contributed by atoms with E-state index in [2.05, 4.69) is 10.3 Å². The van der Waals surface area contributed by atoms with Gasteiger partial charge in [-0.1, -0.05) is 31.7 Å². The number of aromatic nitrogens is 1. The van der Waals surface area contributed by atoms with Crippen molar-refractivity contribution in [2.24, 2.45) is 5.41 Å². The second-order valence-corrected chi connectivity index (χ2v) is 7.49. The normalized spacial score (nSPS) is 21.9. The number of carbonyl (C=O) groups excluding carboxylic acids is 1. The number of hydrogen-bond donors (Lipinski definition) is 1. The van der Waals surface area contributed by atoms with E-state index in [1.165, 1.54) is 44.9 Å². The zero-order valence-corrected chi connectivity index (χ0v) is 14.5. The predicted molar refractivity (Wildman–Crippen MR) is 92.2 cm³/mol. The third-order valence-electron chi connectivity index (χ3n) is 5.66. The van der Waals surface area contributed by atoms with Crippen molar-refractivity contribution in [3.8, 4) is 0 Å². The molecule has 1 spiro atoms. The van der Waals surface area contributed by atoms with Crippen molar-refractivity contribution in [3.63, 3.8) is 0 Å². The number of hydrogen-bond acceptors (Lipinski definition) is 2. The van der Waals surface area contributed by atoms with Crippen LogP contribution in [-0.2, 0) is 0 Å². The quantitative estimate of drug-likeness (QED) is 0.888. The van der Waals surface area contributed by atoms with E-state index in [0.717, 1.165) is 24.3 Å². The smallest absolute Gasteiger partial charge is 0.317 e. The van der Waals surface area contributed by atoms with Gasteiger partial charge in [-0.25, -0.2) is 4.79 Å². The van der Waals surface area contributed by atoms with E-state index < -0.39 is 0 Å². The number of aryl methyl sites for hydroxylation is 1. The van der Waals surface area contributed by atoms with Crippen LogP contribution >= 0.6 is 0 Å². The second-order valence-electron chi connectivity index (χ2n) is 7.49. The second kappa shape index (κ2) is 6.90. The summed E-state index contributed by atoms with van der Waals surface area (Å²) >= 11 is 0. The molecule has 4 nitrogen and oxygen atoms in total. The number of pyridine rings is 1. The van der Waals surface area contributed by atoms with E-state index in [4.69, 9.17) is 0 Å². The minimum absolute atomic E-state index is 0.00119. The highest BCUT2D eigenvalue weighted by Crippen LogP contribution is 2.42. The summed E-state index contributed by atoms with van der Waals surface area (Å²) in [5, 5.41) is 3.14. The summed E-state index contributed by atoms with van der Waals surface area (Å²) in [6.45, 7) is 5.85. The molecule has 4 heteroatoms. The number of nitrogens with zero attached hydrogens (tertiary/aromatic N) is 2. The van der Waals surface area contributed by atoms with Gasteiger partial charge in [0.1, 0.15) is 0 Å². The third kappa shape index (κ3) is 3.85. The molecule has 0 aromatic carbocycles. The first-order valence-electron chi connectivity index (χ1n) is 9.06. The van der Waals surface area contributed by atoms with Crippen LogP contribution in [0.4, 0.5) is 4.79 Å². The van der Waals surface area contributed by atoms with Gasteiger partial charge in [-0.3, -0.25) is 4.98 Å². The summed E-state index contributed by atoms with van der Waals surface area (Å²) in [5.41, 5.74) is 2.47. The molecule has 0 radical (unpaired) electrons. The summed E-state index contributed by atoms with van der Waals surface area (Å²) in [6.07, 6.45) is 11.0. The Morgan fingerprint density at radius 2 is 1.96 bits per heavy atom. The summed E-state index contributed by atoms with van der Waals surface area (Å²) < 4.78 is 0. The van der Waals surface area contributed by atoms with Crippen molar-refractivity contribution in [2.45, 2.75) is 64.8 Å². The minimum Gasteiger partial charge on any atom is -0.331 e. The van der Waals surface area contributed by atoms with E-state index in [-0.39, 0.29) is 12.1 Å². The Balaban J connectivity index is 1.57. The largest absolute Gasteiger partial charge is 0.331 e. The first-order chi connectivity index (χ1) is 11.1. The van der Waals surface area contributed by atoms with Gasteiger partial charge in [-0.2, -0.15) is 0 Å². The molecule has 1 aliphatic heterocycles. The van der Waals surface area contributed by atoms with Crippen LogP contribution in [-0.4, -0.2) is 29.0 Å². The molecular formula is C19H29N3O. The molecule has 23 heavy (non-hydrogen) atoms. The molecule has 1 aliphatic carbocycles. The van der Waals surface area contributed by atoms with E-state index in [1.54, 1.807) is 0 Å². The molecule has 1 atom stereocenters. The Labute approximate surface area is 139 Å². The summed E-state index contributed by atoms with van der Waals surface area (Å²) in [5.74, 6) is 0. The Bertz CT molecular complexity index is 532. The van der Waals surface area contributed by atoms with Gasteiger partial charge in [0.15, 0.2) is 0 Å². The molecule has 0 bridgehead atoms. The van der Waals surface area contributed by atoms with Crippen molar-refractivity contribution >= 4 is 6.03 Å². The molecule has 2 fully saturated rings. The van der Waals surface area contributed by atoms with Crippen molar-refractivity contribution < 1.29 is 4.79 Å². The average molecular weight is 315 g/mol. The fraction of sp³-hybridized carbons (Fsp3) is 0.684. The van der Waals surface area contributed by atoms with Gasteiger partial charge in [0.2, 0.25) is 0 Å². The van der Waals surface area contributed by atoms with Gasteiger partial charge < -0.3 is 10.2 Å². The molecule has 1 saturated heterocycles. The van der Waals surface area contributed by atoms with E-state index >= 15 is 0 Å². The lowest BCUT2D eigenvalue weighted by atomic mass is 9.80. The SMILES string of the molecule is Cc1ccc(C(C)NC(=O)N2CCC3(CCCCCC3)C2)cn1. The maximum Gasteiger partial charge on any atom is 0.317 e. The van der Waals surface area contributed by atoms with Crippen LogP contribution in [0.15, 0.2) is 18.3 Å². The molecule has 126 valence electrons. The van der Waals surface area contributed by atoms with Crippen LogP contribution in [0, 0.1) is 12.3 Å².